The lowest BCUT2D eigenvalue weighted by Gasteiger charge is -2.38. The van der Waals surface area contributed by atoms with Crippen molar-refractivity contribution in [2.45, 2.75) is 16.3 Å². The normalized spacial score (nSPS) is 13.6. The number of carbonyl (C=O) groups excluding carboxylic acids is 3. The summed E-state index contributed by atoms with van der Waals surface area (Å²) >= 11 is 7.13. The van der Waals surface area contributed by atoms with Crippen LogP contribution in [0.1, 0.15) is 58.9 Å². The summed E-state index contributed by atoms with van der Waals surface area (Å²) in [7, 11) is 0. The molecule has 7 nitrogen and oxygen atoms in total. The molecule has 45 heavy (non-hydrogen) atoms. The van der Waals surface area contributed by atoms with Crippen LogP contribution < -0.4 is 14.2 Å². The molecule has 0 aromatic heterocycles. The molecule has 7 rings (SSSR count). The Hall–Kier alpha value is -4.73. The van der Waals surface area contributed by atoms with Crippen LogP contribution in [0.4, 0.5) is 0 Å². The summed E-state index contributed by atoms with van der Waals surface area (Å²) in [5, 5.41) is 0.502. The Labute approximate surface area is 275 Å². The van der Waals surface area contributed by atoms with E-state index in [9.17, 15) is 14.4 Å². The molecule has 0 fully saturated rings. The average molecular weight is 726 g/mol. The number of hydrogen-bond donors (Lipinski definition) is 0. The van der Waals surface area contributed by atoms with Gasteiger partial charge in [0.15, 0.2) is 5.60 Å². The summed E-state index contributed by atoms with van der Waals surface area (Å²) in [6.45, 7) is 0. The van der Waals surface area contributed by atoms with Gasteiger partial charge in [-0.05, 0) is 54.6 Å². The van der Waals surface area contributed by atoms with Crippen LogP contribution in [0, 0.1) is 0 Å². The van der Waals surface area contributed by atoms with E-state index in [0.29, 0.717) is 56.0 Å². The summed E-state index contributed by atoms with van der Waals surface area (Å²) < 4.78 is 24.7. The van der Waals surface area contributed by atoms with E-state index in [1.807, 2.05) is 24.3 Å². The van der Waals surface area contributed by atoms with Gasteiger partial charge in [0.2, 0.25) is 0 Å². The van der Waals surface area contributed by atoms with Crippen LogP contribution in [0.25, 0.3) is 0 Å². The van der Waals surface area contributed by atoms with Crippen molar-refractivity contribution in [1.29, 1.82) is 0 Å². The summed E-state index contributed by atoms with van der Waals surface area (Å²) in [5.74, 6) is -0.267. The predicted molar refractivity (Wildman–Crippen MR) is 173 cm³/mol. The number of benzene rings is 5. The van der Waals surface area contributed by atoms with E-state index in [4.69, 9.17) is 18.9 Å². The van der Waals surface area contributed by atoms with E-state index in [0.717, 1.165) is 0 Å². The number of fused-ring (bicyclic) bond motifs is 6. The highest BCUT2D eigenvalue weighted by molar-refractivity contribution is 9.08. The third kappa shape index (κ3) is 4.74. The Balaban J connectivity index is 1.42. The summed E-state index contributed by atoms with van der Waals surface area (Å²) in [4.78, 5) is 39.5. The van der Waals surface area contributed by atoms with Crippen LogP contribution in [0.5, 0.6) is 23.0 Å². The van der Waals surface area contributed by atoms with Gasteiger partial charge in [0.05, 0.1) is 16.7 Å². The molecule has 2 aliphatic rings. The minimum atomic E-state index is -1.38. The molecule has 2 aliphatic heterocycles. The molecule has 0 unspecified atom stereocenters. The molecular formula is C36H22Br2O7. The molecular weight excluding hydrogens is 704 g/mol. The molecule has 5 aromatic rings. The van der Waals surface area contributed by atoms with Gasteiger partial charge in [-0.15, -0.1) is 0 Å². The molecule has 0 N–H and O–H groups in total. The van der Waals surface area contributed by atoms with Crippen molar-refractivity contribution in [3.05, 3.63) is 154 Å². The highest BCUT2D eigenvalue weighted by atomic mass is 79.9. The minimum Gasteiger partial charge on any atom is -0.455 e. The van der Waals surface area contributed by atoms with Crippen LogP contribution in [-0.2, 0) is 21.0 Å². The van der Waals surface area contributed by atoms with Gasteiger partial charge in [0.1, 0.15) is 23.0 Å². The quantitative estimate of drug-likeness (QED) is 0.0986. The fraction of sp³-hybridized carbons (Fsp3) is 0.0833. The lowest BCUT2D eigenvalue weighted by molar-refractivity contribution is 0.0223. The number of alkyl halides is 2. The van der Waals surface area contributed by atoms with Crippen molar-refractivity contribution < 1.29 is 33.3 Å². The summed E-state index contributed by atoms with van der Waals surface area (Å²) in [6, 6.07) is 31.4. The smallest absolute Gasteiger partial charge is 0.343 e. The van der Waals surface area contributed by atoms with Crippen LogP contribution >= 0.6 is 31.9 Å². The van der Waals surface area contributed by atoms with Crippen molar-refractivity contribution >= 4 is 49.8 Å². The molecule has 0 amide bonds. The third-order valence-electron chi connectivity index (χ3n) is 7.86. The Morgan fingerprint density at radius 3 is 1.56 bits per heavy atom. The topological polar surface area (TPSA) is 88.1 Å². The number of ether oxygens (including phenoxy) is 4. The first-order valence-corrected chi connectivity index (χ1v) is 16.2. The standard InChI is InChI=1S/C36H22Br2O7/c37-19-24-29(42-33(39)21-9-3-1-4-10-21)17-15-27-31(24)44-32-25(20-38)30(43-34(40)22-11-5-2-6-12-22)18-16-28(32)36(27)26-14-8-7-13-23(26)35(41)45-36/h1-18H,19-20H2. The molecule has 9 heteroatoms. The maximum atomic E-state index is 13.4. The first-order chi connectivity index (χ1) is 22.0. The molecule has 222 valence electrons. The van der Waals surface area contributed by atoms with Gasteiger partial charge in [-0.25, -0.2) is 14.4 Å². The number of esters is 3. The van der Waals surface area contributed by atoms with Gasteiger partial charge in [-0.3, -0.25) is 0 Å². The van der Waals surface area contributed by atoms with Crippen molar-refractivity contribution in [1.82, 2.24) is 0 Å². The van der Waals surface area contributed by atoms with Crippen LogP contribution in [0.15, 0.2) is 109 Å². The van der Waals surface area contributed by atoms with E-state index in [2.05, 4.69) is 31.9 Å². The lowest BCUT2D eigenvalue weighted by Crippen LogP contribution is -2.34. The largest absolute Gasteiger partial charge is 0.455 e. The molecule has 0 bridgehead atoms. The zero-order valence-corrected chi connectivity index (χ0v) is 26.6. The Bertz CT molecular complexity index is 1880. The van der Waals surface area contributed by atoms with Crippen molar-refractivity contribution in [2.24, 2.45) is 0 Å². The Morgan fingerprint density at radius 2 is 1.07 bits per heavy atom. The second kappa shape index (κ2) is 11.6. The fourth-order valence-corrected chi connectivity index (χ4v) is 6.84. The number of rotatable bonds is 6. The number of carbonyl (C=O) groups is 3. The predicted octanol–water partition coefficient (Wildman–Crippen LogP) is 8.48. The molecule has 2 heterocycles. The summed E-state index contributed by atoms with van der Waals surface area (Å²) in [5.41, 5.74) is 2.68. The Kier molecular flexibility index (Phi) is 7.51. The van der Waals surface area contributed by atoms with Gasteiger partial charge in [0, 0.05) is 38.5 Å². The molecule has 0 saturated heterocycles. The minimum absolute atomic E-state index is 0.251. The first-order valence-electron chi connectivity index (χ1n) is 14.0. The van der Waals surface area contributed by atoms with Crippen LogP contribution in [0.2, 0.25) is 0 Å². The maximum Gasteiger partial charge on any atom is 0.343 e. The van der Waals surface area contributed by atoms with E-state index < -0.39 is 23.5 Å². The highest BCUT2D eigenvalue weighted by Gasteiger charge is 2.54. The van der Waals surface area contributed by atoms with Crippen molar-refractivity contribution in [2.75, 3.05) is 0 Å². The van der Waals surface area contributed by atoms with Gasteiger partial charge in [-0.1, -0.05) is 86.5 Å². The number of hydrogen-bond acceptors (Lipinski definition) is 7. The molecule has 1 spiro atoms. The first kappa shape index (κ1) is 29.0. The fourth-order valence-electron chi connectivity index (χ4n) is 5.78. The van der Waals surface area contributed by atoms with E-state index in [1.165, 1.54) is 0 Å². The second-order valence-electron chi connectivity index (χ2n) is 10.3. The zero-order valence-electron chi connectivity index (χ0n) is 23.4. The van der Waals surface area contributed by atoms with Crippen LogP contribution in [-0.4, -0.2) is 17.9 Å². The second-order valence-corrected chi connectivity index (χ2v) is 11.5. The molecule has 0 saturated carbocycles. The Morgan fingerprint density at radius 1 is 0.600 bits per heavy atom. The molecule has 0 aliphatic carbocycles. The zero-order chi connectivity index (χ0) is 31.1. The lowest BCUT2D eigenvalue weighted by atomic mass is 9.76. The van der Waals surface area contributed by atoms with Crippen molar-refractivity contribution in [3.63, 3.8) is 0 Å². The molecule has 5 aromatic carbocycles. The average Bonchev–Trinajstić information content (AvgIpc) is 3.37. The summed E-state index contributed by atoms with van der Waals surface area (Å²) in [6.07, 6.45) is 0. The SMILES string of the molecule is O=C(Oc1ccc2c(c1CBr)Oc1c(ccc(OC(=O)c3ccccc3)c1CBr)C21OC(=O)c2ccccc21)c1ccccc1. The van der Waals surface area contributed by atoms with Crippen molar-refractivity contribution in [3.8, 4) is 23.0 Å². The van der Waals surface area contributed by atoms with Crippen LogP contribution in [0.3, 0.4) is 0 Å². The van der Waals surface area contributed by atoms with E-state index in [1.54, 1.807) is 84.9 Å². The monoisotopic (exact) mass is 724 g/mol. The van der Waals surface area contributed by atoms with Gasteiger partial charge >= 0.3 is 17.9 Å². The third-order valence-corrected chi connectivity index (χ3v) is 8.98. The van der Waals surface area contributed by atoms with Gasteiger partial charge < -0.3 is 18.9 Å². The molecule has 0 radical (unpaired) electrons. The van der Waals surface area contributed by atoms with E-state index in [-0.39, 0.29) is 22.2 Å². The highest BCUT2D eigenvalue weighted by Crippen LogP contribution is 2.59. The maximum absolute atomic E-state index is 13.4. The molecule has 0 atom stereocenters. The van der Waals surface area contributed by atoms with Gasteiger partial charge in [-0.2, -0.15) is 0 Å². The van der Waals surface area contributed by atoms with Gasteiger partial charge in [0.25, 0.3) is 0 Å². The number of halogens is 2. The van der Waals surface area contributed by atoms with E-state index >= 15 is 0 Å².